The smallest absolute Gasteiger partial charge is 0.261 e. The Balaban J connectivity index is 1.79. The largest absolute Gasteiger partial charge is 0.332 e. The van der Waals surface area contributed by atoms with Crippen LogP contribution in [0.2, 0.25) is 0 Å². The summed E-state index contributed by atoms with van der Waals surface area (Å²) >= 11 is 0. The molecule has 1 aromatic heterocycles. The van der Waals surface area contributed by atoms with Crippen molar-refractivity contribution in [2.24, 2.45) is 0 Å². The number of rotatable bonds is 5. The van der Waals surface area contributed by atoms with Crippen molar-refractivity contribution in [2.45, 2.75) is 32.7 Å². The fourth-order valence-corrected chi connectivity index (χ4v) is 2.69. The fraction of sp³-hybridized carbons (Fsp3) is 0.300. The molecule has 1 heterocycles. The molecule has 0 unspecified atom stereocenters. The van der Waals surface area contributed by atoms with Crippen LogP contribution < -0.4 is 5.56 Å². The van der Waals surface area contributed by atoms with E-state index in [-0.39, 0.29) is 23.1 Å². The molecule has 1 N–H and O–H groups in total. The van der Waals surface area contributed by atoms with Crippen LogP contribution in [0.3, 0.4) is 0 Å². The van der Waals surface area contributed by atoms with Crippen molar-refractivity contribution in [3.63, 3.8) is 0 Å². The highest BCUT2D eigenvalue weighted by Gasteiger charge is 2.33. The minimum atomic E-state index is -0.305. The highest BCUT2D eigenvalue weighted by atomic mass is 16.2. The molecule has 4 heteroatoms. The van der Waals surface area contributed by atoms with Gasteiger partial charge in [0, 0.05) is 18.3 Å². The van der Waals surface area contributed by atoms with Crippen LogP contribution in [0.25, 0.3) is 6.08 Å². The predicted molar refractivity (Wildman–Crippen MR) is 96.1 cm³/mol. The highest BCUT2D eigenvalue weighted by molar-refractivity contribution is 5.94. The number of hydrogen-bond donors (Lipinski definition) is 1. The van der Waals surface area contributed by atoms with Crippen molar-refractivity contribution in [2.75, 3.05) is 6.54 Å². The molecule has 1 saturated carbocycles. The maximum atomic E-state index is 12.8. The molecule has 0 atom stereocenters. The molecular formula is C20H22N2O2. The van der Waals surface area contributed by atoms with Crippen LogP contribution in [0.1, 0.15) is 40.0 Å². The van der Waals surface area contributed by atoms with E-state index in [1.54, 1.807) is 11.0 Å². The summed E-state index contributed by atoms with van der Waals surface area (Å²) in [7, 11) is 0. The lowest BCUT2D eigenvalue weighted by atomic mass is 10.1. The number of benzene rings is 1. The maximum absolute atomic E-state index is 12.8. The van der Waals surface area contributed by atoms with Crippen LogP contribution in [0.15, 0.2) is 47.3 Å². The number of hydrogen-bond acceptors (Lipinski definition) is 2. The van der Waals surface area contributed by atoms with Gasteiger partial charge in [0.2, 0.25) is 0 Å². The van der Waals surface area contributed by atoms with E-state index in [9.17, 15) is 9.59 Å². The molecule has 0 spiro atoms. The zero-order valence-corrected chi connectivity index (χ0v) is 14.1. The average Bonchev–Trinajstić information content (AvgIpc) is 3.40. The van der Waals surface area contributed by atoms with Gasteiger partial charge in [0.05, 0.1) is 0 Å². The third-order valence-electron chi connectivity index (χ3n) is 4.39. The van der Waals surface area contributed by atoms with Gasteiger partial charge in [-0.3, -0.25) is 9.59 Å². The number of aromatic nitrogens is 1. The van der Waals surface area contributed by atoms with Crippen LogP contribution in [0, 0.1) is 13.8 Å². The number of pyridine rings is 1. The monoisotopic (exact) mass is 322 g/mol. The van der Waals surface area contributed by atoms with Crippen molar-refractivity contribution < 1.29 is 4.79 Å². The van der Waals surface area contributed by atoms with E-state index in [0.717, 1.165) is 29.7 Å². The molecule has 4 nitrogen and oxygen atoms in total. The van der Waals surface area contributed by atoms with Gasteiger partial charge < -0.3 is 9.88 Å². The number of nitrogens with zero attached hydrogens (tertiary/aromatic N) is 1. The van der Waals surface area contributed by atoms with E-state index in [0.29, 0.717) is 6.54 Å². The Morgan fingerprint density at radius 1 is 1.25 bits per heavy atom. The van der Waals surface area contributed by atoms with Gasteiger partial charge in [-0.15, -0.1) is 0 Å². The molecule has 0 bridgehead atoms. The van der Waals surface area contributed by atoms with Gasteiger partial charge in [-0.05, 0) is 43.9 Å². The van der Waals surface area contributed by atoms with Gasteiger partial charge in [-0.25, -0.2) is 0 Å². The number of carbonyl (C=O) groups is 1. The van der Waals surface area contributed by atoms with Crippen molar-refractivity contribution in [1.29, 1.82) is 0 Å². The molecule has 3 rings (SSSR count). The first-order valence-corrected chi connectivity index (χ1v) is 8.29. The zero-order valence-electron chi connectivity index (χ0n) is 14.1. The van der Waals surface area contributed by atoms with Crippen LogP contribution >= 0.6 is 0 Å². The van der Waals surface area contributed by atoms with E-state index in [1.165, 1.54) is 0 Å². The van der Waals surface area contributed by atoms with Gasteiger partial charge in [-0.1, -0.05) is 42.5 Å². The lowest BCUT2D eigenvalue weighted by Gasteiger charge is -2.20. The van der Waals surface area contributed by atoms with Gasteiger partial charge in [0.15, 0.2) is 0 Å². The molecular weight excluding hydrogens is 300 g/mol. The number of H-pyrrole nitrogens is 1. The number of aryl methyl sites for hydroxylation is 2. The van der Waals surface area contributed by atoms with Crippen molar-refractivity contribution in [1.82, 2.24) is 9.88 Å². The topological polar surface area (TPSA) is 53.2 Å². The maximum Gasteiger partial charge on any atom is 0.261 e. The molecule has 1 aliphatic rings. The van der Waals surface area contributed by atoms with Crippen molar-refractivity contribution in [3.8, 4) is 0 Å². The Morgan fingerprint density at radius 3 is 2.62 bits per heavy atom. The summed E-state index contributed by atoms with van der Waals surface area (Å²) in [6.07, 6.45) is 6.01. The number of carbonyl (C=O) groups excluding carboxylic acids is 1. The molecule has 124 valence electrons. The van der Waals surface area contributed by atoms with Gasteiger partial charge >= 0.3 is 0 Å². The molecule has 1 aliphatic carbocycles. The molecule has 0 saturated heterocycles. The highest BCUT2D eigenvalue weighted by Crippen LogP contribution is 2.28. The van der Waals surface area contributed by atoms with Crippen LogP contribution in [0.4, 0.5) is 0 Å². The molecule has 1 fully saturated rings. The summed E-state index contributed by atoms with van der Waals surface area (Å²) in [6.45, 7) is 4.26. The Labute approximate surface area is 141 Å². The average molecular weight is 322 g/mol. The summed E-state index contributed by atoms with van der Waals surface area (Å²) in [6, 6.07) is 11.9. The lowest BCUT2D eigenvalue weighted by molar-refractivity contribution is 0.0761. The quantitative estimate of drug-likeness (QED) is 0.918. The molecule has 1 aromatic carbocycles. The molecule has 0 aliphatic heterocycles. The first kappa shape index (κ1) is 16.2. The second-order valence-electron chi connectivity index (χ2n) is 6.32. The Hall–Kier alpha value is -2.62. The summed E-state index contributed by atoms with van der Waals surface area (Å²) in [5.41, 5.74) is 2.76. The van der Waals surface area contributed by atoms with Crippen molar-refractivity contribution >= 4 is 12.0 Å². The predicted octanol–water partition coefficient (Wildman–Crippen LogP) is 3.31. The van der Waals surface area contributed by atoms with E-state index in [4.69, 9.17) is 0 Å². The van der Waals surface area contributed by atoms with Gasteiger partial charge in [-0.2, -0.15) is 0 Å². The molecule has 2 aromatic rings. The van der Waals surface area contributed by atoms with Gasteiger partial charge in [0.25, 0.3) is 11.5 Å². The van der Waals surface area contributed by atoms with Gasteiger partial charge in [0.1, 0.15) is 5.56 Å². The SMILES string of the molecule is Cc1cc(C(=O)N(CC=Cc2ccccc2)C2CC2)c(=O)[nH]c1C. The third kappa shape index (κ3) is 3.65. The van der Waals surface area contributed by atoms with Crippen molar-refractivity contribution in [3.05, 3.63) is 75.2 Å². The minimum absolute atomic E-state index is 0.181. The first-order valence-electron chi connectivity index (χ1n) is 8.29. The number of nitrogens with one attached hydrogen (secondary N) is 1. The van der Waals surface area contributed by atoms with Crippen LogP contribution in [-0.4, -0.2) is 28.4 Å². The van der Waals surface area contributed by atoms with Crippen LogP contribution in [0.5, 0.6) is 0 Å². The fourth-order valence-electron chi connectivity index (χ4n) is 2.69. The Morgan fingerprint density at radius 2 is 1.96 bits per heavy atom. The van der Waals surface area contributed by atoms with E-state index in [2.05, 4.69) is 4.98 Å². The third-order valence-corrected chi connectivity index (χ3v) is 4.39. The lowest BCUT2D eigenvalue weighted by Crippen LogP contribution is -2.36. The minimum Gasteiger partial charge on any atom is -0.332 e. The summed E-state index contributed by atoms with van der Waals surface area (Å²) in [5, 5.41) is 0. The molecule has 1 amide bonds. The molecule has 0 radical (unpaired) electrons. The van der Waals surface area contributed by atoms with E-state index in [1.807, 2.05) is 56.3 Å². The first-order chi connectivity index (χ1) is 11.6. The summed E-state index contributed by atoms with van der Waals surface area (Å²) < 4.78 is 0. The summed E-state index contributed by atoms with van der Waals surface area (Å²) in [5.74, 6) is -0.181. The second-order valence-corrected chi connectivity index (χ2v) is 6.32. The standard InChI is InChI=1S/C20H22N2O2/c1-14-13-18(19(23)21-15(14)2)20(24)22(17-10-11-17)12-6-9-16-7-4-3-5-8-16/h3-9,13,17H,10-12H2,1-2H3,(H,21,23). The number of aromatic amines is 1. The van der Waals surface area contributed by atoms with E-state index >= 15 is 0 Å². The summed E-state index contributed by atoms with van der Waals surface area (Å²) in [4.78, 5) is 29.5. The normalized spacial score (nSPS) is 14.1. The Bertz CT molecular complexity index is 817. The Kier molecular flexibility index (Phi) is 4.65. The molecule has 24 heavy (non-hydrogen) atoms. The number of amides is 1. The van der Waals surface area contributed by atoms with E-state index < -0.39 is 0 Å². The zero-order chi connectivity index (χ0) is 17.1. The second kappa shape index (κ2) is 6.87. The van der Waals surface area contributed by atoms with Crippen LogP contribution in [-0.2, 0) is 0 Å².